The quantitative estimate of drug-likeness (QED) is 0.300. The molecule has 0 radical (unpaired) electrons. The van der Waals surface area contributed by atoms with Crippen LogP contribution in [-0.4, -0.2) is 35.2 Å². The lowest BCUT2D eigenvalue weighted by Crippen LogP contribution is -2.28. The van der Waals surface area contributed by atoms with E-state index in [1.54, 1.807) is 6.07 Å². The molecule has 18 heavy (non-hydrogen) atoms. The maximum absolute atomic E-state index is 11.2. The predicted molar refractivity (Wildman–Crippen MR) is 71.1 cm³/mol. The zero-order valence-corrected chi connectivity index (χ0v) is 10.9. The molecule has 1 atom stereocenters. The lowest BCUT2D eigenvalue weighted by Gasteiger charge is -2.18. The molecule has 0 bridgehead atoms. The van der Waals surface area contributed by atoms with Gasteiger partial charge in [-0.05, 0) is 12.7 Å². The van der Waals surface area contributed by atoms with Crippen LogP contribution in [0.5, 0.6) is 0 Å². The van der Waals surface area contributed by atoms with E-state index in [1.807, 2.05) is 11.2 Å². The van der Waals surface area contributed by atoms with Crippen LogP contribution < -0.4 is 21.9 Å². The Balaban J connectivity index is 2.20. The molecule has 98 valence electrons. The Morgan fingerprint density at radius 2 is 2.39 bits per heavy atom. The Bertz CT molecular complexity index is 432. The lowest BCUT2D eigenvalue weighted by molar-refractivity contribution is -0.121. The van der Waals surface area contributed by atoms with Crippen molar-refractivity contribution in [3.8, 4) is 0 Å². The Morgan fingerprint density at radius 3 is 2.94 bits per heavy atom. The van der Waals surface area contributed by atoms with Crippen LogP contribution in [-0.2, 0) is 4.79 Å². The average Bonchev–Trinajstić information content (AvgIpc) is 2.87. The number of nitrogens with zero attached hydrogens (tertiary/aromatic N) is 3. The minimum absolute atomic E-state index is 0.105. The highest BCUT2D eigenvalue weighted by Gasteiger charge is 2.27. The Hall–Kier alpha value is -1.54. The molecule has 0 saturated carbocycles. The number of nitrogens with two attached hydrogens (primary N) is 2. The average molecular weight is 268 g/mol. The summed E-state index contributed by atoms with van der Waals surface area (Å²) in [5, 5.41) is 0.642. The van der Waals surface area contributed by atoms with Crippen molar-refractivity contribution in [2.75, 3.05) is 29.7 Å². The Kier molecular flexibility index (Phi) is 3.87. The third kappa shape index (κ3) is 2.65. The first kappa shape index (κ1) is 12.9. The zero-order valence-electron chi connectivity index (χ0n) is 10.1. The summed E-state index contributed by atoms with van der Waals surface area (Å²) in [4.78, 5) is 21.8. The van der Waals surface area contributed by atoms with Gasteiger partial charge in [-0.1, -0.05) is 11.8 Å². The number of rotatable bonds is 4. The van der Waals surface area contributed by atoms with Gasteiger partial charge in [0, 0.05) is 19.2 Å². The van der Waals surface area contributed by atoms with E-state index >= 15 is 0 Å². The SMILES string of the molecule is CSc1nc(NN)cc(N2CCC(C(N)=O)C2)n1. The normalized spacial score (nSPS) is 19.0. The molecule has 1 saturated heterocycles. The van der Waals surface area contributed by atoms with Gasteiger partial charge >= 0.3 is 0 Å². The maximum atomic E-state index is 11.2. The van der Waals surface area contributed by atoms with Gasteiger partial charge in [0.15, 0.2) is 5.16 Å². The van der Waals surface area contributed by atoms with Crippen molar-refractivity contribution in [3.05, 3.63) is 6.07 Å². The van der Waals surface area contributed by atoms with Gasteiger partial charge in [-0.25, -0.2) is 15.8 Å². The molecule has 1 aliphatic rings. The fourth-order valence-corrected chi connectivity index (χ4v) is 2.32. The molecule has 7 nitrogen and oxygen atoms in total. The van der Waals surface area contributed by atoms with Crippen molar-refractivity contribution in [1.82, 2.24) is 9.97 Å². The maximum Gasteiger partial charge on any atom is 0.222 e. The smallest absolute Gasteiger partial charge is 0.222 e. The number of primary amides is 1. The van der Waals surface area contributed by atoms with Gasteiger partial charge in [0.2, 0.25) is 5.91 Å². The number of carbonyl (C=O) groups excluding carboxylic acids is 1. The molecule has 2 rings (SSSR count). The summed E-state index contributed by atoms with van der Waals surface area (Å²) in [6.07, 6.45) is 2.66. The first-order valence-electron chi connectivity index (χ1n) is 5.58. The predicted octanol–water partition coefficient (Wildman–Crippen LogP) is -0.204. The molecular formula is C10H16N6OS. The highest BCUT2D eigenvalue weighted by atomic mass is 32.2. The molecule has 0 spiro atoms. The number of amides is 1. The number of nitrogen functional groups attached to an aromatic ring is 1. The number of hydrogen-bond donors (Lipinski definition) is 3. The first-order valence-corrected chi connectivity index (χ1v) is 6.80. The van der Waals surface area contributed by atoms with E-state index < -0.39 is 0 Å². The van der Waals surface area contributed by atoms with Crippen LogP contribution in [0.1, 0.15) is 6.42 Å². The molecule has 2 heterocycles. The van der Waals surface area contributed by atoms with Crippen LogP contribution in [0.15, 0.2) is 11.2 Å². The summed E-state index contributed by atoms with van der Waals surface area (Å²) < 4.78 is 0. The Labute approximate surface area is 109 Å². The second-order valence-corrected chi connectivity index (χ2v) is 4.85. The first-order chi connectivity index (χ1) is 8.63. The van der Waals surface area contributed by atoms with Gasteiger partial charge in [0.1, 0.15) is 11.6 Å². The van der Waals surface area contributed by atoms with Crippen LogP contribution in [0.3, 0.4) is 0 Å². The molecule has 1 amide bonds. The van der Waals surface area contributed by atoms with Gasteiger partial charge in [-0.15, -0.1) is 0 Å². The van der Waals surface area contributed by atoms with E-state index in [2.05, 4.69) is 15.4 Å². The summed E-state index contributed by atoms with van der Waals surface area (Å²) >= 11 is 1.44. The fraction of sp³-hybridized carbons (Fsp3) is 0.500. The van der Waals surface area contributed by atoms with Gasteiger partial charge in [-0.3, -0.25) is 4.79 Å². The molecule has 0 aliphatic carbocycles. The van der Waals surface area contributed by atoms with Gasteiger partial charge < -0.3 is 16.1 Å². The monoisotopic (exact) mass is 268 g/mol. The lowest BCUT2D eigenvalue weighted by atomic mass is 10.1. The van der Waals surface area contributed by atoms with Crippen LogP contribution in [0, 0.1) is 5.92 Å². The van der Waals surface area contributed by atoms with Crippen molar-refractivity contribution in [3.63, 3.8) is 0 Å². The van der Waals surface area contributed by atoms with E-state index in [-0.39, 0.29) is 11.8 Å². The molecular weight excluding hydrogens is 252 g/mol. The largest absolute Gasteiger partial charge is 0.369 e. The zero-order chi connectivity index (χ0) is 13.1. The molecule has 1 aliphatic heterocycles. The second-order valence-electron chi connectivity index (χ2n) is 4.08. The van der Waals surface area contributed by atoms with Crippen LogP contribution in [0.25, 0.3) is 0 Å². The topological polar surface area (TPSA) is 110 Å². The third-order valence-electron chi connectivity index (χ3n) is 2.94. The number of aromatic nitrogens is 2. The molecule has 1 aromatic heterocycles. The number of hydrogen-bond acceptors (Lipinski definition) is 7. The van der Waals surface area contributed by atoms with E-state index in [9.17, 15) is 4.79 Å². The van der Waals surface area contributed by atoms with Crippen LogP contribution in [0.2, 0.25) is 0 Å². The van der Waals surface area contributed by atoms with E-state index in [0.29, 0.717) is 17.5 Å². The highest BCUT2D eigenvalue weighted by Crippen LogP contribution is 2.25. The number of thioether (sulfide) groups is 1. The standard InChI is InChI=1S/C10H16N6OS/c1-18-10-13-7(15-12)4-8(14-10)16-3-2-6(5-16)9(11)17/h4,6H,2-3,5,12H2,1H3,(H2,11,17)(H,13,14,15). The van der Waals surface area contributed by atoms with Crippen molar-refractivity contribution in [2.24, 2.45) is 17.5 Å². The van der Waals surface area contributed by atoms with Crippen molar-refractivity contribution >= 4 is 29.3 Å². The summed E-state index contributed by atoms with van der Waals surface area (Å²) in [5.74, 6) is 6.35. The van der Waals surface area contributed by atoms with Crippen LogP contribution in [0.4, 0.5) is 11.6 Å². The van der Waals surface area contributed by atoms with Gasteiger partial charge in [-0.2, -0.15) is 0 Å². The molecule has 1 fully saturated rings. The van der Waals surface area contributed by atoms with Gasteiger partial charge in [0.25, 0.3) is 0 Å². The van der Waals surface area contributed by atoms with E-state index in [0.717, 1.165) is 18.8 Å². The molecule has 1 aromatic rings. The highest BCUT2D eigenvalue weighted by molar-refractivity contribution is 7.98. The van der Waals surface area contributed by atoms with E-state index in [4.69, 9.17) is 11.6 Å². The van der Waals surface area contributed by atoms with Crippen molar-refractivity contribution < 1.29 is 4.79 Å². The molecule has 5 N–H and O–H groups in total. The minimum atomic E-state index is -0.256. The van der Waals surface area contributed by atoms with Crippen LogP contribution >= 0.6 is 11.8 Å². The van der Waals surface area contributed by atoms with E-state index in [1.165, 1.54) is 11.8 Å². The van der Waals surface area contributed by atoms with Gasteiger partial charge in [0.05, 0.1) is 5.92 Å². The number of hydrazine groups is 1. The third-order valence-corrected chi connectivity index (χ3v) is 3.48. The van der Waals surface area contributed by atoms with Crippen molar-refractivity contribution in [1.29, 1.82) is 0 Å². The fourth-order valence-electron chi connectivity index (χ4n) is 1.94. The Morgan fingerprint density at radius 1 is 1.61 bits per heavy atom. The molecule has 1 unspecified atom stereocenters. The molecule has 8 heteroatoms. The minimum Gasteiger partial charge on any atom is -0.369 e. The summed E-state index contributed by atoms with van der Waals surface area (Å²) in [6, 6.07) is 1.77. The number of carbonyl (C=O) groups is 1. The molecule has 0 aromatic carbocycles. The van der Waals surface area contributed by atoms with Crippen molar-refractivity contribution in [2.45, 2.75) is 11.6 Å². The number of anilines is 2. The summed E-state index contributed by atoms with van der Waals surface area (Å²) in [5.41, 5.74) is 7.83. The summed E-state index contributed by atoms with van der Waals surface area (Å²) in [6.45, 7) is 1.37. The number of nitrogens with one attached hydrogen (secondary N) is 1. The second kappa shape index (κ2) is 5.40. The summed E-state index contributed by atoms with van der Waals surface area (Å²) in [7, 11) is 0.